The summed E-state index contributed by atoms with van der Waals surface area (Å²) in [5.41, 5.74) is 1.41. The van der Waals surface area contributed by atoms with Crippen molar-refractivity contribution in [1.29, 1.82) is 0 Å². The van der Waals surface area contributed by atoms with E-state index >= 15 is 0 Å². The maximum absolute atomic E-state index is 11.8. The molecule has 0 fully saturated rings. The van der Waals surface area contributed by atoms with Gasteiger partial charge in [0.25, 0.3) is 0 Å². The Balaban J connectivity index is 2.54. The molecule has 0 spiro atoms. The normalized spacial score (nSPS) is 10.6. The summed E-state index contributed by atoms with van der Waals surface area (Å²) in [5.74, 6) is 0.0973. The van der Waals surface area contributed by atoms with Gasteiger partial charge in [-0.05, 0) is 34.5 Å². The summed E-state index contributed by atoms with van der Waals surface area (Å²) in [6.45, 7) is 1.99. The van der Waals surface area contributed by atoms with E-state index in [2.05, 4.69) is 20.9 Å². The van der Waals surface area contributed by atoms with Crippen LogP contribution in [0.25, 0.3) is 10.9 Å². The molecule has 2 rings (SSSR count). The number of hydrogen-bond acceptors (Lipinski definition) is 2. The summed E-state index contributed by atoms with van der Waals surface area (Å²) in [6, 6.07) is 9.75. The van der Waals surface area contributed by atoms with Crippen LogP contribution in [0, 0.1) is 0 Å². The third-order valence-corrected chi connectivity index (χ3v) is 3.02. The van der Waals surface area contributed by atoms with Crippen LogP contribution in [-0.4, -0.2) is 10.8 Å². The molecule has 3 heteroatoms. The molecule has 1 heterocycles. The zero-order valence-electron chi connectivity index (χ0n) is 9.03. The lowest BCUT2D eigenvalue weighted by molar-refractivity contribution is 0.0976. The molecule has 0 aliphatic rings. The lowest BCUT2D eigenvalue weighted by Gasteiger charge is -2.04. The van der Waals surface area contributed by atoms with Crippen LogP contribution in [-0.2, 0) is 0 Å². The van der Waals surface area contributed by atoms with Gasteiger partial charge in [-0.2, -0.15) is 0 Å². The summed E-state index contributed by atoms with van der Waals surface area (Å²) in [4.78, 5) is 16.2. The first-order chi connectivity index (χ1) is 7.72. The molecular weight excluding hydrogens is 266 g/mol. The monoisotopic (exact) mass is 277 g/mol. The van der Waals surface area contributed by atoms with Crippen molar-refractivity contribution in [1.82, 2.24) is 4.98 Å². The standard InChI is InChI=1S/C13H12BrNO/c1-2-5-12(16)13-10(14)8-9-6-3-4-7-11(9)15-13/h3-4,6-8H,2,5H2,1H3. The number of benzene rings is 1. The Morgan fingerprint density at radius 3 is 2.88 bits per heavy atom. The van der Waals surface area contributed by atoms with Crippen molar-refractivity contribution in [2.24, 2.45) is 0 Å². The number of carbonyl (C=O) groups excluding carboxylic acids is 1. The molecule has 16 heavy (non-hydrogen) atoms. The molecule has 0 aliphatic carbocycles. The quantitative estimate of drug-likeness (QED) is 0.795. The van der Waals surface area contributed by atoms with Gasteiger partial charge >= 0.3 is 0 Å². The molecule has 0 unspecified atom stereocenters. The van der Waals surface area contributed by atoms with Gasteiger partial charge in [0.05, 0.1) is 5.52 Å². The van der Waals surface area contributed by atoms with E-state index in [0.29, 0.717) is 12.1 Å². The molecule has 0 radical (unpaired) electrons. The fourth-order valence-corrected chi connectivity index (χ4v) is 2.19. The van der Waals surface area contributed by atoms with Crippen LogP contribution >= 0.6 is 15.9 Å². The number of aromatic nitrogens is 1. The van der Waals surface area contributed by atoms with Crippen LogP contribution in [0.2, 0.25) is 0 Å². The Morgan fingerprint density at radius 2 is 2.12 bits per heavy atom. The molecule has 0 saturated heterocycles. The molecule has 0 amide bonds. The second kappa shape index (κ2) is 4.74. The van der Waals surface area contributed by atoms with Crippen molar-refractivity contribution >= 4 is 32.6 Å². The number of halogens is 1. The number of Topliss-reactive ketones (excluding diaryl/α,β-unsaturated/α-hetero) is 1. The first kappa shape index (κ1) is 11.3. The highest BCUT2D eigenvalue weighted by atomic mass is 79.9. The number of hydrogen-bond donors (Lipinski definition) is 0. The van der Waals surface area contributed by atoms with Gasteiger partial charge in [-0.15, -0.1) is 0 Å². The van der Waals surface area contributed by atoms with E-state index < -0.39 is 0 Å². The van der Waals surface area contributed by atoms with Gasteiger partial charge in [-0.25, -0.2) is 4.98 Å². The van der Waals surface area contributed by atoms with E-state index in [-0.39, 0.29) is 5.78 Å². The fraction of sp³-hybridized carbons (Fsp3) is 0.231. The highest BCUT2D eigenvalue weighted by molar-refractivity contribution is 9.10. The molecular formula is C13H12BrNO. The van der Waals surface area contributed by atoms with Crippen LogP contribution in [0.5, 0.6) is 0 Å². The Labute approximate surface area is 103 Å². The first-order valence-electron chi connectivity index (χ1n) is 5.31. The Kier molecular flexibility index (Phi) is 3.34. The van der Waals surface area contributed by atoms with E-state index in [1.165, 1.54) is 0 Å². The highest BCUT2D eigenvalue weighted by Crippen LogP contribution is 2.22. The van der Waals surface area contributed by atoms with E-state index in [4.69, 9.17) is 0 Å². The van der Waals surface area contributed by atoms with Gasteiger partial charge in [0.2, 0.25) is 0 Å². The third kappa shape index (κ3) is 2.14. The van der Waals surface area contributed by atoms with Crippen LogP contribution in [0.15, 0.2) is 34.8 Å². The SMILES string of the molecule is CCCC(=O)c1nc2ccccc2cc1Br. The molecule has 0 N–H and O–H groups in total. The van der Waals surface area contributed by atoms with Crippen LogP contribution in [0.1, 0.15) is 30.3 Å². The average Bonchev–Trinajstić information content (AvgIpc) is 2.28. The maximum Gasteiger partial charge on any atom is 0.182 e. The molecule has 1 aromatic heterocycles. The number of carbonyl (C=O) groups is 1. The van der Waals surface area contributed by atoms with E-state index in [9.17, 15) is 4.79 Å². The lowest BCUT2D eigenvalue weighted by atomic mass is 10.1. The average molecular weight is 278 g/mol. The van der Waals surface area contributed by atoms with Gasteiger partial charge in [0.1, 0.15) is 5.69 Å². The van der Waals surface area contributed by atoms with Crippen molar-refractivity contribution in [2.45, 2.75) is 19.8 Å². The summed E-state index contributed by atoms with van der Waals surface area (Å²) in [5, 5.41) is 1.04. The minimum absolute atomic E-state index is 0.0973. The Bertz CT molecular complexity index is 536. The number of ketones is 1. The zero-order chi connectivity index (χ0) is 11.5. The van der Waals surface area contributed by atoms with Crippen molar-refractivity contribution in [2.75, 3.05) is 0 Å². The maximum atomic E-state index is 11.8. The summed E-state index contributed by atoms with van der Waals surface area (Å²) in [7, 11) is 0. The number of rotatable bonds is 3. The van der Waals surface area contributed by atoms with Crippen molar-refractivity contribution in [3.8, 4) is 0 Å². The summed E-state index contributed by atoms with van der Waals surface area (Å²) in [6.07, 6.45) is 1.39. The van der Waals surface area contributed by atoms with Gasteiger partial charge < -0.3 is 0 Å². The topological polar surface area (TPSA) is 30.0 Å². The minimum atomic E-state index is 0.0973. The molecule has 2 nitrogen and oxygen atoms in total. The molecule has 0 bridgehead atoms. The molecule has 0 atom stereocenters. The molecule has 82 valence electrons. The number of fused-ring (bicyclic) bond motifs is 1. The predicted molar refractivity (Wildman–Crippen MR) is 68.7 cm³/mol. The number of para-hydroxylation sites is 1. The smallest absolute Gasteiger partial charge is 0.182 e. The molecule has 0 saturated carbocycles. The van der Waals surface area contributed by atoms with Crippen LogP contribution < -0.4 is 0 Å². The summed E-state index contributed by atoms with van der Waals surface area (Å²) < 4.78 is 0.782. The predicted octanol–water partition coefficient (Wildman–Crippen LogP) is 3.98. The molecule has 2 aromatic rings. The van der Waals surface area contributed by atoms with Crippen LogP contribution in [0.4, 0.5) is 0 Å². The first-order valence-corrected chi connectivity index (χ1v) is 6.10. The second-order valence-electron chi connectivity index (χ2n) is 3.68. The van der Waals surface area contributed by atoms with Gasteiger partial charge in [-0.1, -0.05) is 25.1 Å². The van der Waals surface area contributed by atoms with Crippen molar-refractivity contribution in [3.63, 3.8) is 0 Å². The van der Waals surface area contributed by atoms with Crippen LogP contribution in [0.3, 0.4) is 0 Å². The van der Waals surface area contributed by atoms with Crippen molar-refractivity contribution < 1.29 is 4.79 Å². The number of nitrogens with zero attached hydrogens (tertiary/aromatic N) is 1. The van der Waals surface area contributed by atoms with E-state index in [1.54, 1.807) is 0 Å². The highest BCUT2D eigenvalue weighted by Gasteiger charge is 2.11. The Morgan fingerprint density at radius 1 is 1.38 bits per heavy atom. The molecule has 0 aliphatic heterocycles. The fourth-order valence-electron chi connectivity index (χ4n) is 1.63. The second-order valence-corrected chi connectivity index (χ2v) is 4.54. The van der Waals surface area contributed by atoms with Crippen molar-refractivity contribution in [3.05, 3.63) is 40.5 Å². The molecule has 1 aromatic carbocycles. The minimum Gasteiger partial charge on any atom is -0.292 e. The van der Waals surface area contributed by atoms with Gasteiger partial charge in [-0.3, -0.25) is 4.79 Å². The number of pyridine rings is 1. The lowest BCUT2D eigenvalue weighted by Crippen LogP contribution is -2.03. The third-order valence-electron chi connectivity index (χ3n) is 2.42. The van der Waals surface area contributed by atoms with Gasteiger partial charge in [0, 0.05) is 16.3 Å². The largest absolute Gasteiger partial charge is 0.292 e. The Hall–Kier alpha value is -1.22. The van der Waals surface area contributed by atoms with E-state index in [0.717, 1.165) is 21.8 Å². The summed E-state index contributed by atoms with van der Waals surface area (Å²) >= 11 is 3.40. The zero-order valence-corrected chi connectivity index (χ0v) is 10.6. The van der Waals surface area contributed by atoms with Gasteiger partial charge in [0.15, 0.2) is 5.78 Å². The van der Waals surface area contributed by atoms with E-state index in [1.807, 2.05) is 37.3 Å².